The predicted octanol–water partition coefficient (Wildman–Crippen LogP) is 3.29. The molecule has 0 atom stereocenters. The average molecular weight is 392 g/mol. The van der Waals surface area contributed by atoms with Crippen LogP contribution in [-0.4, -0.2) is 38.3 Å². The quantitative estimate of drug-likeness (QED) is 0.525. The molecule has 7 nitrogen and oxygen atoms in total. The van der Waals surface area contributed by atoms with Crippen molar-refractivity contribution in [3.8, 4) is 10.6 Å². The van der Waals surface area contributed by atoms with Crippen molar-refractivity contribution in [2.45, 2.75) is 6.54 Å². The molecule has 0 bridgehead atoms. The first-order valence-electron chi connectivity index (χ1n) is 8.61. The molecular weight excluding hydrogens is 376 g/mol. The molecule has 3 aromatic heterocycles. The summed E-state index contributed by atoms with van der Waals surface area (Å²) in [5.74, 6) is -1.18. The van der Waals surface area contributed by atoms with Crippen LogP contribution in [0, 0.1) is 0 Å². The highest BCUT2D eigenvalue weighted by atomic mass is 32.1. The fourth-order valence-electron chi connectivity index (χ4n) is 2.78. The molecule has 0 saturated carbocycles. The number of thiophene rings is 1. The molecule has 4 rings (SSSR count). The highest BCUT2D eigenvalue weighted by Gasteiger charge is 2.11. The molecule has 1 amide bonds. The second-order valence-electron chi connectivity index (χ2n) is 6.08. The molecule has 0 unspecified atom stereocenters. The number of para-hydroxylation sites is 1. The van der Waals surface area contributed by atoms with Crippen LogP contribution in [0.2, 0.25) is 0 Å². The molecule has 8 heteroatoms. The number of amides is 1. The number of hydrogen-bond acceptors (Lipinski definition) is 5. The van der Waals surface area contributed by atoms with Gasteiger partial charge in [-0.2, -0.15) is 5.10 Å². The van der Waals surface area contributed by atoms with Crippen molar-refractivity contribution in [3.63, 3.8) is 0 Å². The van der Waals surface area contributed by atoms with Crippen molar-refractivity contribution in [2.75, 3.05) is 6.54 Å². The summed E-state index contributed by atoms with van der Waals surface area (Å²) in [5.41, 5.74) is 1.86. The molecule has 0 aliphatic carbocycles. The summed E-state index contributed by atoms with van der Waals surface area (Å²) in [6.45, 7) is 0.899. The first-order chi connectivity index (χ1) is 13.6. The van der Waals surface area contributed by atoms with Gasteiger partial charge >= 0.3 is 5.97 Å². The topological polar surface area (TPSA) is 97.1 Å². The maximum Gasteiger partial charge on any atom is 0.345 e. The van der Waals surface area contributed by atoms with Crippen molar-refractivity contribution in [1.82, 2.24) is 20.1 Å². The summed E-state index contributed by atoms with van der Waals surface area (Å²) in [7, 11) is 0. The van der Waals surface area contributed by atoms with Crippen LogP contribution in [0.1, 0.15) is 20.2 Å². The Kier molecular flexibility index (Phi) is 4.86. The smallest absolute Gasteiger partial charge is 0.345 e. The van der Waals surface area contributed by atoms with Crippen LogP contribution >= 0.6 is 11.3 Å². The van der Waals surface area contributed by atoms with Gasteiger partial charge in [-0.15, -0.1) is 11.3 Å². The van der Waals surface area contributed by atoms with E-state index < -0.39 is 5.97 Å². The molecule has 0 fully saturated rings. The number of carbonyl (C=O) groups excluding carboxylic acids is 1. The molecule has 0 saturated heterocycles. The van der Waals surface area contributed by atoms with Gasteiger partial charge in [-0.3, -0.25) is 9.48 Å². The van der Waals surface area contributed by atoms with Gasteiger partial charge in [0.25, 0.3) is 5.91 Å². The van der Waals surface area contributed by atoms with Crippen molar-refractivity contribution < 1.29 is 14.7 Å². The van der Waals surface area contributed by atoms with Crippen LogP contribution in [0.15, 0.2) is 60.8 Å². The molecule has 0 radical (unpaired) electrons. The first-order valence-corrected chi connectivity index (χ1v) is 9.43. The Bertz CT molecular complexity index is 1160. The van der Waals surface area contributed by atoms with E-state index in [4.69, 9.17) is 5.11 Å². The van der Waals surface area contributed by atoms with E-state index in [0.717, 1.165) is 15.8 Å². The van der Waals surface area contributed by atoms with E-state index in [1.807, 2.05) is 36.4 Å². The zero-order chi connectivity index (χ0) is 19.5. The van der Waals surface area contributed by atoms with E-state index in [1.165, 1.54) is 11.3 Å². The molecule has 28 heavy (non-hydrogen) atoms. The second kappa shape index (κ2) is 7.61. The Balaban J connectivity index is 1.36. The van der Waals surface area contributed by atoms with E-state index in [2.05, 4.69) is 15.4 Å². The minimum atomic E-state index is -0.944. The number of carboxylic acid groups (broad SMARTS) is 1. The lowest BCUT2D eigenvalue weighted by Gasteiger charge is -2.06. The maximum atomic E-state index is 12.3. The minimum absolute atomic E-state index is 0.234. The van der Waals surface area contributed by atoms with Gasteiger partial charge in [0.15, 0.2) is 0 Å². The normalized spacial score (nSPS) is 10.9. The number of carbonyl (C=O) groups is 2. The number of nitrogens with zero attached hydrogens (tertiary/aromatic N) is 3. The van der Waals surface area contributed by atoms with Crippen LogP contribution in [0.25, 0.3) is 21.5 Å². The fraction of sp³-hybridized carbons (Fsp3) is 0.100. The molecule has 3 heterocycles. The Morgan fingerprint density at radius 2 is 1.93 bits per heavy atom. The van der Waals surface area contributed by atoms with E-state index in [0.29, 0.717) is 24.5 Å². The number of pyridine rings is 1. The second-order valence-corrected chi connectivity index (χ2v) is 7.16. The Labute approximate surface area is 164 Å². The van der Waals surface area contributed by atoms with Gasteiger partial charge in [0.2, 0.25) is 0 Å². The largest absolute Gasteiger partial charge is 0.477 e. The van der Waals surface area contributed by atoms with E-state index in [-0.39, 0.29) is 10.8 Å². The Morgan fingerprint density at radius 1 is 1.07 bits per heavy atom. The van der Waals surface area contributed by atoms with E-state index in [1.54, 1.807) is 29.1 Å². The van der Waals surface area contributed by atoms with Gasteiger partial charge in [-0.25, -0.2) is 9.78 Å². The van der Waals surface area contributed by atoms with Crippen LogP contribution < -0.4 is 5.32 Å². The lowest BCUT2D eigenvalue weighted by atomic mass is 10.2. The van der Waals surface area contributed by atoms with Crippen LogP contribution in [-0.2, 0) is 6.54 Å². The molecule has 140 valence electrons. The zero-order valence-corrected chi connectivity index (χ0v) is 15.5. The van der Waals surface area contributed by atoms with Crippen molar-refractivity contribution in [1.29, 1.82) is 0 Å². The maximum absolute atomic E-state index is 12.3. The number of rotatable bonds is 6. The van der Waals surface area contributed by atoms with Crippen LogP contribution in [0.3, 0.4) is 0 Å². The standard InChI is InChI=1S/C20H16N4O3S/c25-19(16-6-5-13-3-1-2-4-14(13)22-16)21-10-12-24-11-9-15(23-24)17-7-8-18(28-17)20(26)27/h1-9,11H,10,12H2,(H,21,25)(H,26,27). The molecule has 4 aromatic rings. The number of hydrogen-bond donors (Lipinski definition) is 2. The summed E-state index contributed by atoms with van der Waals surface area (Å²) in [6, 6.07) is 16.4. The first kappa shape index (κ1) is 17.9. The highest BCUT2D eigenvalue weighted by molar-refractivity contribution is 7.17. The lowest BCUT2D eigenvalue weighted by molar-refractivity contribution is 0.0702. The number of carboxylic acids is 1. The molecule has 0 aliphatic heterocycles. The van der Waals surface area contributed by atoms with Crippen LogP contribution in [0.4, 0.5) is 0 Å². The molecule has 0 spiro atoms. The van der Waals surface area contributed by atoms with Gasteiger partial charge in [-0.1, -0.05) is 24.3 Å². The van der Waals surface area contributed by atoms with Crippen molar-refractivity contribution in [2.24, 2.45) is 0 Å². The monoisotopic (exact) mass is 392 g/mol. The molecular formula is C20H16N4O3S. The number of nitrogens with one attached hydrogen (secondary N) is 1. The van der Waals surface area contributed by atoms with Crippen LogP contribution in [0.5, 0.6) is 0 Å². The summed E-state index contributed by atoms with van der Waals surface area (Å²) in [4.78, 5) is 28.7. The van der Waals surface area contributed by atoms with Gasteiger partial charge in [0.1, 0.15) is 16.3 Å². The lowest BCUT2D eigenvalue weighted by Crippen LogP contribution is -2.28. The highest BCUT2D eigenvalue weighted by Crippen LogP contribution is 2.26. The number of benzene rings is 1. The predicted molar refractivity (Wildman–Crippen MR) is 107 cm³/mol. The van der Waals surface area contributed by atoms with E-state index >= 15 is 0 Å². The molecule has 1 aromatic carbocycles. The third-order valence-electron chi connectivity index (χ3n) is 4.17. The Morgan fingerprint density at radius 3 is 2.75 bits per heavy atom. The average Bonchev–Trinajstić information content (AvgIpc) is 3.37. The third kappa shape index (κ3) is 3.77. The Hall–Kier alpha value is -3.52. The summed E-state index contributed by atoms with van der Waals surface area (Å²) in [5, 5.41) is 17.3. The number of aromatic carboxylic acids is 1. The number of fused-ring (bicyclic) bond motifs is 1. The summed E-state index contributed by atoms with van der Waals surface area (Å²) >= 11 is 1.18. The zero-order valence-electron chi connectivity index (χ0n) is 14.7. The minimum Gasteiger partial charge on any atom is -0.477 e. The molecule has 0 aliphatic rings. The summed E-state index contributed by atoms with van der Waals surface area (Å²) in [6.07, 6.45) is 1.80. The number of aromatic nitrogens is 3. The van der Waals surface area contributed by atoms with E-state index in [9.17, 15) is 9.59 Å². The van der Waals surface area contributed by atoms with Crippen molar-refractivity contribution >= 4 is 34.1 Å². The third-order valence-corrected chi connectivity index (χ3v) is 5.26. The van der Waals surface area contributed by atoms with Gasteiger partial charge in [0, 0.05) is 18.1 Å². The fourth-order valence-corrected chi connectivity index (χ4v) is 3.58. The van der Waals surface area contributed by atoms with Crippen molar-refractivity contribution in [3.05, 3.63) is 71.4 Å². The molecule has 2 N–H and O–H groups in total. The van der Waals surface area contributed by atoms with Gasteiger partial charge in [-0.05, 0) is 30.3 Å². The summed E-state index contributed by atoms with van der Waals surface area (Å²) < 4.78 is 1.71. The SMILES string of the molecule is O=C(NCCn1ccc(-c2ccc(C(=O)O)s2)n1)c1ccc2ccccc2n1. The van der Waals surface area contributed by atoms with Gasteiger partial charge in [0.05, 0.1) is 16.9 Å². The van der Waals surface area contributed by atoms with Gasteiger partial charge < -0.3 is 10.4 Å².